The first-order valence-corrected chi connectivity index (χ1v) is 6.03. The zero-order valence-corrected chi connectivity index (χ0v) is 10.3. The van der Waals surface area contributed by atoms with Crippen LogP contribution in [0.2, 0.25) is 0 Å². The van der Waals surface area contributed by atoms with Crippen LogP contribution in [-0.4, -0.2) is 12.2 Å². The maximum atomic E-state index is 6.03. The van der Waals surface area contributed by atoms with Gasteiger partial charge in [0.15, 0.2) is 0 Å². The highest BCUT2D eigenvalue weighted by atomic mass is 79.9. The van der Waals surface area contributed by atoms with Gasteiger partial charge in [0.1, 0.15) is 0 Å². The Hall–Kier alpha value is -0.420. The van der Waals surface area contributed by atoms with Gasteiger partial charge in [0.05, 0.1) is 6.17 Å². The molecule has 3 unspecified atom stereocenters. The number of hydrogen-bond donors (Lipinski definition) is 3. The van der Waals surface area contributed by atoms with Gasteiger partial charge >= 0.3 is 0 Å². The summed E-state index contributed by atoms with van der Waals surface area (Å²) in [6.07, 6.45) is 1.07. The van der Waals surface area contributed by atoms with Crippen LogP contribution in [0.4, 0.5) is 0 Å². The van der Waals surface area contributed by atoms with Gasteiger partial charge in [0.2, 0.25) is 0 Å². The molecule has 0 amide bonds. The van der Waals surface area contributed by atoms with Crippen LogP contribution in [0.15, 0.2) is 28.7 Å². The molecule has 1 saturated heterocycles. The largest absolute Gasteiger partial charge is 0.314 e. The van der Waals surface area contributed by atoms with Crippen LogP contribution in [0.25, 0.3) is 0 Å². The van der Waals surface area contributed by atoms with Crippen molar-refractivity contribution in [1.29, 1.82) is 0 Å². The third-order valence-corrected chi connectivity index (χ3v) is 3.48. The van der Waals surface area contributed by atoms with E-state index in [9.17, 15) is 0 Å². The SMILES string of the molecule is CCC1NNC(N)C1c1ccc(Br)cc1. The monoisotopic (exact) mass is 269 g/mol. The molecule has 1 aromatic rings. The molecule has 1 aromatic carbocycles. The fraction of sp³-hybridized carbons (Fsp3) is 0.455. The van der Waals surface area contributed by atoms with E-state index in [1.54, 1.807) is 0 Å². The summed E-state index contributed by atoms with van der Waals surface area (Å²) in [5.74, 6) is 0.350. The van der Waals surface area contributed by atoms with E-state index in [0.717, 1.165) is 10.9 Å². The molecule has 4 heteroatoms. The van der Waals surface area contributed by atoms with Crippen LogP contribution in [0.1, 0.15) is 24.8 Å². The van der Waals surface area contributed by atoms with E-state index < -0.39 is 0 Å². The van der Waals surface area contributed by atoms with Crippen LogP contribution in [0, 0.1) is 0 Å². The number of hydrogen-bond acceptors (Lipinski definition) is 3. The summed E-state index contributed by atoms with van der Waals surface area (Å²) in [6, 6.07) is 8.80. The van der Waals surface area contributed by atoms with E-state index in [-0.39, 0.29) is 6.17 Å². The van der Waals surface area contributed by atoms with Crippen LogP contribution in [-0.2, 0) is 0 Å². The molecule has 82 valence electrons. The normalized spacial score (nSPS) is 30.7. The van der Waals surface area contributed by atoms with Gasteiger partial charge in [-0.25, -0.2) is 5.43 Å². The van der Waals surface area contributed by atoms with E-state index in [1.807, 2.05) is 0 Å². The van der Waals surface area contributed by atoms with Crippen molar-refractivity contribution >= 4 is 15.9 Å². The summed E-state index contributed by atoms with van der Waals surface area (Å²) >= 11 is 3.44. The van der Waals surface area contributed by atoms with E-state index >= 15 is 0 Å². The van der Waals surface area contributed by atoms with Crippen LogP contribution >= 0.6 is 15.9 Å². The Labute approximate surface area is 98.5 Å². The molecule has 1 heterocycles. The lowest BCUT2D eigenvalue weighted by atomic mass is 9.89. The summed E-state index contributed by atoms with van der Waals surface area (Å²) in [5.41, 5.74) is 13.6. The smallest absolute Gasteiger partial charge is 0.0764 e. The Bertz CT molecular complexity index is 325. The van der Waals surface area contributed by atoms with Crippen molar-refractivity contribution in [2.45, 2.75) is 31.5 Å². The Morgan fingerprint density at radius 1 is 1.27 bits per heavy atom. The molecule has 1 aliphatic rings. The topological polar surface area (TPSA) is 50.1 Å². The Morgan fingerprint density at radius 2 is 1.93 bits per heavy atom. The summed E-state index contributed by atoms with van der Waals surface area (Å²) < 4.78 is 1.10. The number of halogens is 1. The lowest BCUT2D eigenvalue weighted by Crippen LogP contribution is -2.38. The molecule has 0 aromatic heterocycles. The molecule has 2 rings (SSSR count). The van der Waals surface area contributed by atoms with Gasteiger partial charge in [-0.05, 0) is 24.1 Å². The predicted molar refractivity (Wildman–Crippen MR) is 65.2 cm³/mol. The fourth-order valence-electron chi connectivity index (χ4n) is 2.11. The van der Waals surface area contributed by atoms with E-state index in [1.165, 1.54) is 5.56 Å². The predicted octanol–water partition coefficient (Wildman–Crippen LogP) is 1.70. The molecule has 0 bridgehead atoms. The van der Waals surface area contributed by atoms with Crippen molar-refractivity contribution in [3.8, 4) is 0 Å². The summed E-state index contributed by atoms with van der Waals surface area (Å²) in [6.45, 7) is 2.17. The minimum atomic E-state index is -0.00359. The van der Waals surface area contributed by atoms with E-state index in [4.69, 9.17) is 5.73 Å². The highest BCUT2D eigenvalue weighted by Crippen LogP contribution is 2.27. The van der Waals surface area contributed by atoms with Gasteiger partial charge < -0.3 is 5.73 Å². The van der Waals surface area contributed by atoms with Crippen LogP contribution in [0.5, 0.6) is 0 Å². The lowest BCUT2D eigenvalue weighted by Gasteiger charge is -2.20. The molecule has 15 heavy (non-hydrogen) atoms. The molecular weight excluding hydrogens is 254 g/mol. The van der Waals surface area contributed by atoms with Crippen molar-refractivity contribution in [1.82, 2.24) is 10.9 Å². The van der Waals surface area contributed by atoms with Crippen molar-refractivity contribution < 1.29 is 0 Å². The van der Waals surface area contributed by atoms with Crippen molar-refractivity contribution in [2.24, 2.45) is 5.73 Å². The van der Waals surface area contributed by atoms with Crippen LogP contribution in [0.3, 0.4) is 0 Å². The molecule has 0 saturated carbocycles. The van der Waals surface area contributed by atoms with Crippen molar-refractivity contribution in [2.75, 3.05) is 0 Å². The first kappa shape index (κ1) is 11.1. The molecule has 3 atom stereocenters. The highest BCUT2D eigenvalue weighted by Gasteiger charge is 2.33. The molecule has 3 nitrogen and oxygen atoms in total. The molecule has 1 aliphatic heterocycles. The average molecular weight is 270 g/mol. The van der Waals surface area contributed by atoms with Gasteiger partial charge in [-0.3, -0.25) is 5.43 Å². The number of hydrazine groups is 1. The van der Waals surface area contributed by atoms with Gasteiger partial charge in [-0.2, -0.15) is 0 Å². The Balaban J connectivity index is 2.24. The standard InChI is InChI=1S/C11H16BrN3/c1-2-9-10(11(13)15-14-9)7-3-5-8(12)6-4-7/h3-6,9-11,14-15H,2,13H2,1H3. The first-order chi connectivity index (χ1) is 7.22. The quantitative estimate of drug-likeness (QED) is 0.766. The molecule has 1 fully saturated rings. The zero-order valence-electron chi connectivity index (χ0n) is 8.70. The second kappa shape index (κ2) is 4.61. The summed E-state index contributed by atoms with van der Waals surface area (Å²) in [5, 5.41) is 0. The number of nitrogens with one attached hydrogen (secondary N) is 2. The number of rotatable bonds is 2. The third kappa shape index (κ3) is 2.23. The molecular formula is C11H16BrN3. The maximum Gasteiger partial charge on any atom is 0.0764 e. The second-order valence-electron chi connectivity index (χ2n) is 3.91. The fourth-order valence-corrected chi connectivity index (χ4v) is 2.38. The van der Waals surface area contributed by atoms with Gasteiger partial charge in [0.25, 0.3) is 0 Å². The summed E-state index contributed by atoms with van der Waals surface area (Å²) in [7, 11) is 0. The highest BCUT2D eigenvalue weighted by molar-refractivity contribution is 9.10. The molecule has 0 aliphatic carbocycles. The average Bonchev–Trinajstić information content (AvgIpc) is 2.61. The number of benzene rings is 1. The van der Waals surface area contributed by atoms with Crippen molar-refractivity contribution in [3.05, 3.63) is 34.3 Å². The Kier molecular flexibility index (Phi) is 3.41. The number of nitrogens with two attached hydrogens (primary N) is 1. The lowest BCUT2D eigenvalue weighted by molar-refractivity contribution is 0.511. The third-order valence-electron chi connectivity index (χ3n) is 2.95. The van der Waals surface area contributed by atoms with Gasteiger partial charge in [-0.1, -0.05) is 35.0 Å². The van der Waals surface area contributed by atoms with Gasteiger partial charge in [-0.15, -0.1) is 0 Å². The Morgan fingerprint density at radius 3 is 2.53 bits per heavy atom. The second-order valence-corrected chi connectivity index (χ2v) is 4.82. The van der Waals surface area contributed by atoms with Crippen LogP contribution < -0.4 is 16.6 Å². The molecule has 0 radical (unpaired) electrons. The van der Waals surface area contributed by atoms with Gasteiger partial charge in [0, 0.05) is 16.4 Å². The van der Waals surface area contributed by atoms with E-state index in [0.29, 0.717) is 12.0 Å². The first-order valence-electron chi connectivity index (χ1n) is 5.24. The molecule has 4 N–H and O–H groups in total. The van der Waals surface area contributed by atoms with Crippen molar-refractivity contribution in [3.63, 3.8) is 0 Å². The zero-order chi connectivity index (χ0) is 10.8. The minimum Gasteiger partial charge on any atom is -0.314 e. The minimum absolute atomic E-state index is 0.00359. The van der Waals surface area contributed by atoms with E-state index in [2.05, 4.69) is 58.0 Å². The maximum absolute atomic E-state index is 6.03. The molecule has 0 spiro atoms. The summed E-state index contributed by atoms with van der Waals surface area (Å²) in [4.78, 5) is 0.